The molecule has 0 spiro atoms. The second-order valence-electron chi connectivity index (χ2n) is 9.12. The molecule has 0 heterocycles. The zero-order chi connectivity index (χ0) is 24.4. The van der Waals surface area contributed by atoms with Gasteiger partial charge in [0.05, 0.1) is 0 Å². The van der Waals surface area contributed by atoms with Crippen molar-refractivity contribution in [2.24, 2.45) is 11.8 Å². The smallest absolute Gasteiger partial charge is 0.358 e. The van der Waals surface area contributed by atoms with Gasteiger partial charge in [-0.1, -0.05) is 103 Å². The van der Waals surface area contributed by atoms with Crippen LogP contribution in [0.2, 0.25) is 0 Å². The molecule has 1 atom stereocenters. The summed E-state index contributed by atoms with van der Waals surface area (Å²) in [6.45, 7) is 17.1. The van der Waals surface area contributed by atoms with Gasteiger partial charge in [-0.3, -0.25) is 0 Å². The first-order valence-corrected chi connectivity index (χ1v) is 13.1. The Morgan fingerprint density at radius 1 is 0.750 bits per heavy atom. The number of allylic oxidation sites excluding steroid dienone is 6. The van der Waals surface area contributed by atoms with E-state index in [1.54, 1.807) is 0 Å². The van der Waals surface area contributed by atoms with Crippen molar-refractivity contribution in [2.75, 3.05) is 0 Å². The van der Waals surface area contributed by atoms with Gasteiger partial charge in [0.1, 0.15) is 0 Å². The molecule has 0 nitrogen and oxygen atoms in total. The summed E-state index contributed by atoms with van der Waals surface area (Å²) in [6.07, 6.45) is 13.5. The zero-order valence-electron chi connectivity index (χ0n) is 24.9. The first kappa shape index (κ1) is 36.8. The van der Waals surface area contributed by atoms with Gasteiger partial charge in [0.15, 0.2) is 0 Å². The summed E-state index contributed by atoms with van der Waals surface area (Å²) in [7, 11) is 0. The van der Waals surface area contributed by atoms with E-state index in [9.17, 15) is 0 Å². The number of benzene rings is 2. The fourth-order valence-electron chi connectivity index (χ4n) is 4.35. The maximum absolute atomic E-state index is 2.45. The van der Waals surface area contributed by atoms with Crippen LogP contribution in [0.15, 0.2) is 66.3 Å². The third kappa shape index (κ3) is 9.83. The van der Waals surface area contributed by atoms with Gasteiger partial charge in [0.25, 0.3) is 0 Å². The minimum atomic E-state index is 0. The van der Waals surface area contributed by atoms with Crippen molar-refractivity contribution >= 4 is 11.1 Å². The quantitative estimate of drug-likeness (QED) is 0.308. The van der Waals surface area contributed by atoms with Gasteiger partial charge in [0, 0.05) is 0 Å². The Morgan fingerprint density at radius 2 is 1.33 bits per heavy atom. The van der Waals surface area contributed by atoms with Crippen molar-refractivity contribution in [3.05, 3.63) is 115 Å². The molecule has 2 aromatic rings. The zero-order valence-corrected chi connectivity index (χ0v) is 27.7. The van der Waals surface area contributed by atoms with E-state index >= 15 is 0 Å². The second kappa shape index (κ2) is 18.8. The van der Waals surface area contributed by atoms with Gasteiger partial charge in [-0.05, 0) is 70.9 Å². The van der Waals surface area contributed by atoms with E-state index in [2.05, 4.69) is 94.8 Å². The molecule has 1 heteroatoms. The Kier molecular flexibility index (Phi) is 19.2. The fraction of sp³-hybridized carbons (Fsp3) is 0.400. The number of rotatable bonds is 6. The van der Waals surface area contributed by atoms with Gasteiger partial charge < -0.3 is 14.9 Å². The predicted octanol–water partition coefficient (Wildman–Crippen LogP) is 10.6. The van der Waals surface area contributed by atoms with Gasteiger partial charge in [0.2, 0.25) is 0 Å². The number of hydrogen-bond acceptors (Lipinski definition) is 0. The van der Waals surface area contributed by atoms with E-state index in [4.69, 9.17) is 0 Å². The minimum Gasteiger partial charge on any atom is -0.358 e. The summed E-state index contributed by atoms with van der Waals surface area (Å²) < 4.78 is 0. The summed E-state index contributed by atoms with van der Waals surface area (Å²) in [5.41, 5.74) is 11.5. The Bertz CT molecular complexity index is 970. The van der Waals surface area contributed by atoms with Crippen molar-refractivity contribution in [3.8, 4) is 0 Å². The molecule has 2 aliphatic rings. The summed E-state index contributed by atoms with van der Waals surface area (Å²) in [4.78, 5) is 0. The summed E-state index contributed by atoms with van der Waals surface area (Å²) in [5, 5.41) is 0. The summed E-state index contributed by atoms with van der Waals surface area (Å²) >= 11 is 0. The van der Waals surface area contributed by atoms with Gasteiger partial charge in [-0.25, -0.2) is 18.1 Å². The summed E-state index contributed by atoms with van der Waals surface area (Å²) in [5.74, 6) is 1.47. The molecule has 0 radical (unpaired) electrons. The molecule has 0 amide bonds. The standard InChI is InChI=1S/C29H33.2C2H6.2CH3.Y/c1-5-22-6-8-26(17-22)24-10-12-25(13-11-24)28-15-14-27-18-23(7-9-29(27)19-28)16-21(4)20(2)3;2*1-2;;;/h5-13,15,18,20-21H,14,16-17,19H2,1-4H3;2*1-2H3;2*1H3;/q-1;;;2*-1;+3. The largest absolute Gasteiger partial charge is 3.00 e. The molecule has 0 saturated carbocycles. The molecule has 36 heavy (non-hydrogen) atoms. The Labute approximate surface area is 250 Å². The van der Waals surface area contributed by atoms with Gasteiger partial charge in [-0.15, -0.1) is 13.0 Å². The van der Waals surface area contributed by atoms with E-state index in [1.165, 1.54) is 51.0 Å². The van der Waals surface area contributed by atoms with Crippen LogP contribution in [0.25, 0.3) is 11.1 Å². The molecule has 4 rings (SSSR count). The van der Waals surface area contributed by atoms with Crippen LogP contribution in [0.3, 0.4) is 0 Å². The molecule has 2 aromatic carbocycles. The van der Waals surface area contributed by atoms with Crippen LogP contribution in [-0.2, 0) is 52.0 Å². The first-order valence-electron chi connectivity index (χ1n) is 13.1. The SMILES string of the molecule is CC.CC.C[CH-]C1=CC=C(c2ccc(C3=CCc4cc(CC(C)C(C)C)ccc4C3)cc2)C1.[CH3-].[CH3-].[Y+3]. The third-order valence-corrected chi connectivity index (χ3v) is 6.81. The third-order valence-electron chi connectivity index (χ3n) is 6.81. The van der Waals surface area contributed by atoms with Crippen molar-refractivity contribution in [2.45, 2.75) is 81.1 Å². The van der Waals surface area contributed by atoms with E-state index < -0.39 is 0 Å². The van der Waals surface area contributed by atoms with E-state index in [0.717, 1.165) is 31.1 Å². The van der Waals surface area contributed by atoms with Crippen LogP contribution in [-0.4, -0.2) is 0 Å². The van der Waals surface area contributed by atoms with Crippen LogP contribution < -0.4 is 0 Å². The first-order chi connectivity index (χ1) is 16.0. The molecular weight excluding hydrogens is 509 g/mol. The number of hydrogen-bond donors (Lipinski definition) is 0. The van der Waals surface area contributed by atoms with Gasteiger partial charge in [-0.2, -0.15) is 0 Å². The maximum Gasteiger partial charge on any atom is 3.00 e. The fourth-order valence-corrected chi connectivity index (χ4v) is 4.35. The predicted molar refractivity (Wildman–Crippen MR) is 162 cm³/mol. The van der Waals surface area contributed by atoms with E-state index in [1.807, 2.05) is 27.7 Å². The molecule has 0 fully saturated rings. The van der Waals surface area contributed by atoms with Crippen LogP contribution in [0.1, 0.15) is 89.6 Å². The van der Waals surface area contributed by atoms with E-state index in [-0.39, 0.29) is 47.6 Å². The van der Waals surface area contributed by atoms with Crippen LogP contribution >= 0.6 is 0 Å². The topological polar surface area (TPSA) is 0 Å². The minimum absolute atomic E-state index is 0. The van der Waals surface area contributed by atoms with Crippen LogP contribution in [0.5, 0.6) is 0 Å². The Balaban J connectivity index is 0. The van der Waals surface area contributed by atoms with Crippen molar-refractivity contribution in [3.63, 3.8) is 0 Å². The Hall–Kier alpha value is -1.37. The van der Waals surface area contributed by atoms with Crippen LogP contribution in [0, 0.1) is 33.1 Å². The number of fused-ring (bicyclic) bond motifs is 1. The van der Waals surface area contributed by atoms with Crippen molar-refractivity contribution in [1.29, 1.82) is 0 Å². The van der Waals surface area contributed by atoms with Crippen molar-refractivity contribution in [1.82, 2.24) is 0 Å². The average molecular weight is 561 g/mol. The molecule has 0 saturated heterocycles. The molecule has 0 aliphatic heterocycles. The molecular formula is C35H51Y. The normalized spacial score (nSPS) is 13.9. The Morgan fingerprint density at radius 3 is 1.86 bits per heavy atom. The van der Waals surface area contributed by atoms with E-state index in [0.29, 0.717) is 0 Å². The van der Waals surface area contributed by atoms with Gasteiger partial charge >= 0.3 is 32.7 Å². The monoisotopic (exact) mass is 560 g/mol. The average Bonchev–Trinajstić information content (AvgIpc) is 3.36. The van der Waals surface area contributed by atoms with Crippen molar-refractivity contribution < 1.29 is 32.7 Å². The molecule has 0 N–H and O–H groups in total. The molecule has 2 aliphatic carbocycles. The second-order valence-corrected chi connectivity index (χ2v) is 9.12. The van der Waals surface area contributed by atoms with Crippen LogP contribution in [0.4, 0.5) is 0 Å². The summed E-state index contributed by atoms with van der Waals surface area (Å²) in [6, 6.07) is 16.4. The molecule has 0 bridgehead atoms. The molecule has 194 valence electrons. The maximum atomic E-state index is 2.45. The molecule has 0 aromatic heterocycles. The molecule has 1 unspecified atom stereocenters.